The fourth-order valence-electron chi connectivity index (χ4n) is 5.72. The maximum Gasteiger partial charge on any atom is 0.259 e. The molecule has 8 nitrogen and oxygen atoms in total. The molecule has 8 heteroatoms. The maximum absolute atomic E-state index is 13.9. The van der Waals surface area contributed by atoms with E-state index >= 15 is 0 Å². The average molecular weight is 509 g/mol. The van der Waals surface area contributed by atoms with E-state index in [2.05, 4.69) is 10.6 Å². The van der Waals surface area contributed by atoms with Crippen LogP contribution in [0.3, 0.4) is 0 Å². The van der Waals surface area contributed by atoms with Gasteiger partial charge in [-0.1, -0.05) is 38.3 Å². The van der Waals surface area contributed by atoms with Crippen LogP contribution in [-0.2, 0) is 19.2 Å². The minimum atomic E-state index is -1.30. The fraction of sp³-hybridized carbons (Fsp3) is 0.655. The predicted molar refractivity (Wildman–Crippen MR) is 142 cm³/mol. The molecule has 0 bridgehead atoms. The highest BCUT2D eigenvalue weighted by molar-refractivity contribution is 6.21. The minimum absolute atomic E-state index is 0.128. The molecule has 200 valence electrons. The third-order valence-corrected chi connectivity index (χ3v) is 8.23. The SMILES string of the molecule is CCC[C@H](NC(=O)CC1CCCC1)C(=O)NC1C(=O)N(CC2CC2)c2ccccc2N(CC2CC2)C1=O. The Morgan fingerprint density at radius 2 is 1.41 bits per heavy atom. The van der Waals surface area contributed by atoms with Gasteiger partial charge >= 0.3 is 0 Å². The molecule has 0 aromatic heterocycles. The van der Waals surface area contributed by atoms with Crippen LogP contribution >= 0.6 is 0 Å². The third-order valence-electron chi connectivity index (χ3n) is 8.23. The summed E-state index contributed by atoms with van der Waals surface area (Å²) in [7, 11) is 0. The van der Waals surface area contributed by atoms with Crippen LogP contribution in [-0.4, -0.2) is 48.8 Å². The second-order valence-electron chi connectivity index (χ2n) is 11.5. The Hall–Kier alpha value is -2.90. The van der Waals surface area contributed by atoms with E-state index in [4.69, 9.17) is 0 Å². The summed E-state index contributed by atoms with van der Waals surface area (Å²) in [6.07, 6.45) is 10.2. The molecule has 1 atom stereocenters. The van der Waals surface area contributed by atoms with Gasteiger partial charge in [0.1, 0.15) is 6.04 Å². The van der Waals surface area contributed by atoms with E-state index in [0.717, 1.165) is 62.7 Å². The van der Waals surface area contributed by atoms with Crippen molar-refractivity contribution in [3.8, 4) is 0 Å². The maximum atomic E-state index is 13.9. The van der Waals surface area contributed by atoms with Gasteiger partial charge in [0.15, 0.2) is 6.04 Å². The molecule has 5 rings (SSSR count). The average Bonchev–Trinajstić information content (AvgIpc) is 3.83. The summed E-state index contributed by atoms with van der Waals surface area (Å²) in [5.41, 5.74) is 1.47. The van der Waals surface area contributed by atoms with Gasteiger partial charge in [0.05, 0.1) is 11.4 Å². The molecule has 0 unspecified atom stereocenters. The Kier molecular flexibility index (Phi) is 7.81. The minimum Gasteiger partial charge on any atom is -0.344 e. The quantitative estimate of drug-likeness (QED) is 0.447. The van der Waals surface area contributed by atoms with Gasteiger partial charge in [-0.25, -0.2) is 0 Å². The van der Waals surface area contributed by atoms with Gasteiger partial charge in [0.2, 0.25) is 11.8 Å². The normalized spacial score (nSPS) is 21.5. The number of carbonyl (C=O) groups is 4. The van der Waals surface area contributed by atoms with Crippen molar-refractivity contribution in [1.82, 2.24) is 10.6 Å². The van der Waals surface area contributed by atoms with E-state index < -0.39 is 18.0 Å². The highest BCUT2D eigenvalue weighted by Crippen LogP contribution is 2.40. The standard InChI is InChI=1S/C29H40N4O4/c1-2-7-22(30-25(34)16-19-8-3-4-9-19)27(35)31-26-28(36)32(17-20-12-13-20)23-10-5-6-11-24(23)33(29(26)37)18-21-14-15-21/h5-6,10-11,19-22,26H,2-4,7-9,12-18H2,1H3,(H,30,34)(H,31,35)/t22-/m0/s1. The summed E-state index contributed by atoms with van der Waals surface area (Å²) in [5.74, 6) is -0.149. The van der Waals surface area contributed by atoms with E-state index in [0.29, 0.717) is 50.1 Å². The molecule has 1 aromatic carbocycles. The molecule has 4 amide bonds. The lowest BCUT2D eigenvalue weighted by atomic mass is 10.0. The molecule has 1 heterocycles. The van der Waals surface area contributed by atoms with Gasteiger partial charge in [-0.15, -0.1) is 0 Å². The molecule has 2 N–H and O–H groups in total. The Morgan fingerprint density at radius 1 is 0.865 bits per heavy atom. The van der Waals surface area contributed by atoms with Gasteiger partial charge in [-0.3, -0.25) is 19.2 Å². The summed E-state index contributed by atoms with van der Waals surface area (Å²) in [4.78, 5) is 57.4. The highest BCUT2D eigenvalue weighted by Gasteiger charge is 2.44. The van der Waals surface area contributed by atoms with Crippen LogP contribution in [0.25, 0.3) is 0 Å². The first kappa shape index (κ1) is 25.7. The zero-order chi connectivity index (χ0) is 25.9. The van der Waals surface area contributed by atoms with E-state index in [1.807, 2.05) is 31.2 Å². The summed E-state index contributed by atoms with van der Waals surface area (Å²) in [6.45, 7) is 3.04. The van der Waals surface area contributed by atoms with Crippen LogP contribution in [0.4, 0.5) is 11.4 Å². The van der Waals surface area contributed by atoms with Crippen LogP contribution in [0.5, 0.6) is 0 Å². The van der Waals surface area contributed by atoms with E-state index in [9.17, 15) is 19.2 Å². The van der Waals surface area contributed by atoms with Gasteiger partial charge < -0.3 is 20.4 Å². The molecular formula is C29H40N4O4. The van der Waals surface area contributed by atoms with Crippen molar-refractivity contribution in [2.24, 2.45) is 17.8 Å². The van der Waals surface area contributed by atoms with Gasteiger partial charge in [0, 0.05) is 19.5 Å². The topological polar surface area (TPSA) is 98.8 Å². The lowest BCUT2D eigenvalue weighted by Gasteiger charge is -2.26. The lowest BCUT2D eigenvalue weighted by molar-refractivity contribution is -0.135. The van der Waals surface area contributed by atoms with Crippen molar-refractivity contribution in [3.63, 3.8) is 0 Å². The molecule has 1 aliphatic heterocycles. The van der Waals surface area contributed by atoms with Crippen LogP contribution < -0.4 is 20.4 Å². The molecule has 1 aromatic rings. The van der Waals surface area contributed by atoms with Crippen molar-refractivity contribution >= 4 is 35.0 Å². The fourth-order valence-corrected chi connectivity index (χ4v) is 5.72. The lowest BCUT2D eigenvalue weighted by Crippen LogP contribution is -2.59. The Labute approximate surface area is 219 Å². The Bertz CT molecular complexity index is 975. The molecule has 0 radical (unpaired) electrons. The number of carbonyl (C=O) groups excluding carboxylic acids is 4. The molecule has 37 heavy (non-hydrogen) atoms. The predicted octanol–water partition coefficient (Wildman–Crippen LogP) is 3.54. The summed E-state index contributed by atoms with van der Waals surface area (Å²) >= 11 is 0. The number of fused-ring (bicyclic) bond motifs is 1. The van der Waals surface area contributed by atoms with Crippen LogP contribution in [0.1, 0.15) is 77.6 Å². The number of benzene rings is 1. The van der Waals surface area contributed by atoms with Gasteiger partial charge in [-0.05, 0) is 74.8 Å². The van der Waals surface area contributed by atoms with Crippen molar-refractivity contribution in [2.75, 3.05) is 22.9 Å². The van der Waals surface area contributed by atoms with Crippen LogP contribution in [0.15, 0.2) is 24.3 Å². The third kappa shape index (κ3) is 6.16. The van der Waals surface area contributed by atoms with Crippen molar-refractivity contribution in [3.05, 3.63) is 24.3 Å². The van der Waals surface area contributed by atoms with E-state index in [-0.39, 0.29) is 17.7 Å². The van der Waals surface area contributed by atoms with E-state index in [1.165, 1.54) is 0 Å². The highest BCUT2D eigenvalue weighted by atomic mass is 16.2. The number of nitrogens with one attached hydrogen (secondary N) is 2. The second kappa shape index (κ2) is 11.2. The molecule has 0 spiro atoms. The smallest absolute Gasteiger partial charge is 0.259 e. The van der Waals surface area contributed by atoms with Crippen molar-refractivity contribution < 1.29 is 19.2 Å². The van der Waals surface area contributed by atoms with Crippen molar-refractivity contribution in [2.45, 2.75) is 89.6 Å². The number of para-hydroxylation sites is 2. The molecular weight excluding hydrogens is 468 g/mol. The number of amides is 4. The monoisotopic (exact) mass is 508 g/mol. The second-order valence-corrected chi connectivity index (χ2v) is 11.5. The molecule has 3 aliphatic carbocycles. The summed E-state index contributed by atoms with van der Waals surface area (Å²) in [6, 6.07) is 5.51. The van der Waals surface area contributed by atoms with Crippen LogP contribution in [0.2, 0.25) is 0 Å². The number of nitrogens with zero attached hydrogens (tertiary/aromatic N) is 2. The Balaban J connectivity index is 1.36. The van der Waals surface area contributed by atoms with Gasteiger partial charge in [0.25, 0.3) is 11.8 Å². The van der Waals surface area contributed by atoms with Crippen molar-refractivity contribution in [1.29, 1.82) is 0 Å². The summed E-state index contributed by atoms with van der Waals surface area (Å²) < 4.78 is 0. The van der Waals surface area contributed by atoms with Crippen LogP contribution in [0, 0.1) is 17.8 Å². The number of anilines is 2. The van der Waals surface area contributed by atoms with E-state index in [1.54, 1.807) is 9.80 Å². The number of hydrogen-bond donors (Lipinski definition) is 2. The molecule has 4 aliphatic rings. The largest absolute Gasteiger partial charge is 0.344 e. The zero-order valence-corrected chi connectivity index (χ0v) is 21.9. The summed E-state index contributed by atoms with van der Waals surface area (Å²) in [5, 5.41) is 5.69. The number of hydrogen-bond acceptors (Lipinski definition) is 4. The molecule has 3 fully saturated rings. The first-order valence-corrected chi connectivity index (χ1v) is 14.3. The van der Waals surface area contributed by atoms with Gasteiger partial charge in [-0.2, -0.15) is 0 Å². The molecule has 0 saturated heterocycles. The molecule has 3 saturated carbocycles. The zero-order valence-electron chi connectivity index (χ0n) is 21.9. The number of rotatable bonds is 11. The first-order chi connectivity index (χ1) is 17.9. The Morgan fingerprint density at radius 3 is 1.89 bits per heavy atom. The first-order valence-electron chi connectivity index (χ1n) is 14.3.